The summed E-state index contributed by atoms with van der Waals surface area (Å²) in [6.45, 7) is 2.52. The molecule has 2 atom stereocenters. The predicted octanol–water partition coefficient (Wildman–Crippen LogP) is 2.09. The van der Waals surface area contributed by atoms with Crippen LogP contribution in [-0.2, 0) is 22.4 Å². The molecule has 0 fully saturated rings. The van der Waals surface area contributed by atoms with Crippen LogP contribution in [0.1, 0.15) is 39.9 Å². The fourth-order valence-corrected chi connectivity index (χ4v) is 3.65. The normalized spacial score (nSPS) is 18.9. The maximum absolute atomic E-state index is 12.2. The van der Waals surface area contributed by atoms with Crippen LogP contribution in [-0.4, -0.2) is 36.7 Å². The van der Waals surface area contributed by atoms with E-state index in [0.29, 0.717) is 17.4 Å². The van der Waals surface area contributed by atoms with Gasteiger partial charge in [0.2, 0.25) is 0 Å². The first kappa shape index (κ1) is 16.0. The third-order valence-corrected chi connectivity index (χ3v) is 5.00. The van der Waals surface area contributed by atoms with Gasteiger partial charge in [0.05, 0.1) is 4.88 Å². The van der Waals surface area contributed by atoms with Crippen LogP contribution in [0.4, 0.5) is 0 Å². The van der Waals surface area contributed by atoms with E-state index in [9.17, 15) is 9.59 Å². The number of nitrogens with one attached hydrogen (secondary N) is 1. The van der Waals surface area contributed by atoms with E-state index in [4.69, 9.17) is 9.84 Å². The molecule has 1 heterocycles. The number of carbonyl (C=O) groups is 2. The molecule has 0 saturated carbocycles. The molecule has 1 amide bonds. The van der Waals surface area contributed by atoms with E-state index in [1.165, 1.54) is 28.9 Å². The number of rotatable bonds is 6. The summed E-state index contributed by atoms with van der Waals surface area (Å²) >= 11 is 1.49. The molecule has 0 bridgehead atoms. The SMILES string of the molecule is COCCC(NC(=O)c1cc2c(s1)CCC(C)C2)C(=O)O. The van der Waals surface area contributed by atoms with Crippen molar-refractivity contribution < 1.29 is 19.4 Å². The van der Waals surface area contributed by atoms with Gasteiger partial charge < -0.3 is 15.2 Å². The first-order valence-corrected chi connectivity index (χ1v) is 7.97. The van der Waals surface area contributed by atoms with Gasteiger partial charge in [-0.3, -0.25) is 4.79 Å². The lowest BCUT2D eigenvalue weighted by Crippen LogP contribution is -2.41. The van der Waals surface area contributed by atoms with Gasteiger partial charge in [0.1, 0.15) is 6.04 Å². The van der Waals surface area contributed by atoms with Gasteiger partial charge in [-0.2, -0.15) is 0 Å². The quantitative estimate of drug-likeness (QED) is 0.843. The number of ether oxygens (including phenoxy) is 1. The summed E-state index contributed by atoms with van der Waals surface area (Å²) in [5.41, 5.74) is 1.24. The summed E-state index contributed by atoms with van der Waals surface area (Å²) in [5, 5.41) is 11.7. The highest BCUT2D eigenvalue weighted by Gasteiger charge is 2.24. The summed E-state index contributed by atoms with van der Waals surface area (Å²) < 4.78 is 4.88. The fourth-order valence-electron chi connectivity index (χ4n) is 2.54. The predicted molar refractivity (Wildman–Crippen MR) is 80.9 cm³/mol. The van der Waals surface area contributed by atoms with E-state index in [-0.39, 0.29) is 12.3 Å². The standard InChI is InChI=1S/C15H21NO4S/c1-9-3-4-12-10(7-9)8-13(21-12)14(17)16-11(15(18)19)5-6-20-2/h8-9,11H,3-7H2,1-2H3,(H,16,17)(H,18,19). The molecule has 0 aliphatic heterocycles. The number of aliphatic carboxylic acids is 1. The van der Waals surface area contributed by atoms with Crippen molar-refractivity contribution in [2.75, 3.05) is 13.7 Å². The van der Waals surface area contributed by atoms with Crippen LogP contribution in [0.25, 0.3) is 0 Å². The molecule has 1 aromatic heterocycles. The van der Waals surface area contributed by atoms with Crippen LogP contribution >= 0.6 is 11.3 Å². The summed E-state index contributed by atoms with van der Waals surface area (Å²) in [7, 11) is 1.51. The Balaban J connectivity index is 2.04. The van der Waals surface area contributed by atoms with Gasteiger partial charge in [0, 0.05) is 25.0 Å². The Bertz CT molecular complexity index is 526. The fraction of sp³-hybridized carbons (Fsp3) is 0.600. The number of carboxylic acid groups (broad SMARTS) is 1. The summed E-state index contributed by atoms with van der Waals surface area (Å²) in [6, 6.07) is 1.01. The van der Waals surface area contributed by atoms with Crippen LogP contribution in [0, 0.1) is 5.92 Å². The van der Waals surface area contributed by atoms with E-state index in [1.807, 2.05) is 6.07 Å². The molecule has 0 saturated heterocycles. The summed E-state index contributed by atoms with van der Waals surface area (Å²) in [5.74, 6) is -0.683. The van der Waals surface area contributed by atoms with Gasteiger partial charge >= 0.3 is 5.97 Å². The Morgan fingerprint density at radius 1 is 1.57 bits per heavy atom. The van der Waals surface area contributed by atoms with Crippen LogP contribution in [0.15, 0.2) is 6.07 Å². The van der Waals surface area contributed by atoms with Gasteiger partial charge in [-0.25, -0.2) is 4.79 Å². The van der Waals surface area contributed by atoms with Crippen molar-refractivity contribution in [1.82, 2.24) is 5.32 Å². The van der Waals surface area contributed by atoms with Crippen LogP contribution < -0.4 is 5.32 Å². The van der Waals surface area contributed by atoms with Crippen molar-refractivity contribution in [2.24, 2.45) is 5.92 Å². The number of hydrogen-bond acceptors (Lipinski definition) is 4. The monoisotopic (exact) mass is 311 g/mol. The smallest absolute Gasteiger partial charge is 0.326 e. The third-order valence-electron chi connectivity index (χ3n) is 3.77. The Hall–Kier alpha value is -1.40. The second-order valence-corrected chi connectivity index (χ2v) is 6.69. The van der Waals surface area contributed by atoms with Gasteiger partial charge in [0.25, 0.3) is 5.91 Å². The summed E-state index contributed by atoms with van der Waals surface area (Å²) in [6.07, 6.45) is 3.44. The van der Waals surface area contributed by atoms with Gasteiger partial charge in [-0.05, 0) is 36.8 Å². The van der Waals surface area contributed by atoms with Crippen molar-refractivity contribution in [3.05, 3.63) is 21.4 Å². The molecular weight excluding hydrogens is 290 g/mol. The molecule has 2 unspecified atom stereocenters. The highest BCUT2D eigenvalue weighted by Crippen LogP contribution is 2.32. The molecular formula is C15H21NO4S. The van der Waals surface area contributed by atoms with Crippen molar-refractivity contribution in [2.45, 2.75) is 38.6 Å². The molecule has 5 nitrogen and oxygen atoms in total. The van der Waals surface area contributed by atoms with Gasteiger partial charge in [-0.15, -0.1) is 11.3 Å². The Labute approximate surface area is 128 Å². The van der Waals surface area contributed by atoms with Crippen LogP contribution in [0.2, 0.25) is 0 Å². The second kappa shape index (κ2) is 7.04. The lowest BCUT2D eigenvalue weighted by atomic mass is 9.90. The molecule has 1 aromatic rings. The van der Waals surface area contributed by atoms with Crippen molar-refractivity contribution in [3.63, 3.8) is 0 Å². The molecule has 2 rings (SSSR count). The minimum absolute atomic E-state index is 0.264. The van der Waals surface area contributed by atoms with Crippen molar-refractivity contribution >= 4 is 23.2 Å². The zero-order valence-corrected chi connectivity index (χ0v) is 13.2. The first-order chi connectivity index (χ1) is 10.0. The number of carbonyl (C=O) groups excluding carboxylic acids is 1. The molecule has 1 aliphatic carbocycles. The van der Waals surface area contributed by atoms with Crippen LogP contribution in [0.3, 0.4) is 0 Å². The number of carboxylic acids is 1. The lowest BCUT2D eigenvalue weighted by molar-refractivity contribution is -0.139. The lowest BCUT2D eigenvalue weighted by Gasteiger charge is -2.16. The number of methoxy groups -OCH3 is 1. The molecule has 116 valence electrons. The molecule has 21 heavy (non-hydrogen) atoms. The highest BCUT2D eigenvalue weighted by atomic mass is 32.1. The average molecular weight is 311 g/mol. The zero-order valence-electron chi connectivity index (χ0n) is 12.3. The Morgan fingerprint density at radius 3 is 3.00 bits per heavy atom. The molecule has 2 N–H and O–H groups in total. The number of hydrogen-bond donors (Lipinski definition) is 2. The summed E-state index contributed by atoms with van der Waals surface area (Å²) in [4.78, 5) is 25.2. The molecule has 0 radical (unpaired) electrons. The van der Waals surface area contributed by atoms with Crippen molar-refractivity contribution in [3.8, 4) is 0 Å². The minimum atomic E-state index is -1.03. The second-order valence-electron chi connectivity index (χ2n) is 5.55. The first-order valence-electron chi connectivity index (χ1n) is 7.15. The number of fused-ring (bicyclic) bond motifs is 1. The minimum Gasteiger partial charge on any atom is -0.480 e. The maximum Gasteiger partial charge on any atom is 0.326 e. The number of aryl methyl sites for hydroxylation is 1. The topological polar surface area (TPSA) is 75.6 Å². The van der Waals surface area contributed by atoms with Crippen LogP contribution in [0.5, 0.6) is 0 Å². The largest absolute Gasteiger partial charge is 0.480 e. The van der Waals surface area contributed by atoms with E-state index in [0.717, 1.165) is 19.3 Å². The Morgan fingerprint density at radius 2 is 2.33 bits per heavy atom. The number of amides is 1. The van der Waals surface area contributed by atoms with Gasteiger partial charge in [-0.1, -0.05) is 6.92 Å². The Kier molecular flexibility index (Phi) is 5.36. The van der Waals surface area contributed by atoms with Gasteiger partial charge in [0.15, 0.2) is 0 Å². The van der Waals surface area contributed by atoms with E-state index in [1.54, 1.807) is 0 Å². The molecule has 0 aromatic carbocycles. The van der Waals surface area contributed by atoms with E-state index < -0.39 is 12.0 Å². The maximum atomic E-state index is 12.2. The average Bonchev–Trinajstić information content (AvgIpc) is 2.85. The van der Waals surface area contributed by atoms with E-state index >= 15 is 0 Å². The van der Waals surface area contributed by atoms with E-state index in [2.05, 4.69) is 12.2 Å². The zero-order chi connectivity index (χ0) is 15.4. The molecule has 1 aliphatic rings. The molecule has 6 heteroatoms. The highest BCUT2D eigenvalue weighted by molar-refractivity contribution is 7.14. The third kappa shape index (κ3) is 4.04. The molecule has 0 spiro atoms. The number of thiophene rings is 1. The van der Waals surface area contributed by atoms with Crippen molar-refractivity contribution in [1.29, 1.82) is 0 Å².